The van der Waals surface area contributed by atoms with Crippen LogP contribution in [0.2, 0.25) is 5.02 Å². The third-order valence-electron chi connectivity index (χ3n) is 1.62. The Balaban J connectivity index is 2.53. The van der Waals surface area contributed by atoms with Crippen LogP contribution in [0, 0.1) is 0 Å². The Morgan fingerprint density at radius 1 is 1.54 bits per heavy atom. The molecule has 0 bridgehead atoms. The van der Waals surface area contributed by atoms with Crippen LogP contribution in [0.3, 0.4) is 0 Å². The number of hydrogen-bond acceptors (Lipinski definition) is 2. The molecule has 1 rings (SSSR count). The van der Waals surface area contributed by atoms with E-state index in [0.29, 0.717) is 5.02 Å². The first-order chi connectivity index (χ1) is 6.22. The van der Waals surface area contributed by atoms with E-state index in [9.17, 15) is 0 Å². The van der Waals surface area contributed by atoms with Gasteiger partial charge >= 0.3 is 0 Å². The number of rotatable bonds is 4. The summed E-state index contributed by atoms with van der Waals surface area (Å²) >= 11 is 5.81. The van der Waals surface area contributed by atoms with Gasteiger partial charge in [-0.25, -0.2) is 0 Å². The third kappa shape index (κ3) is 3.66. The Kier molecular flexibility index (Phi) is 4.06. The van der Waals surface area contributed by atoms with Crippen molar-refractivity contribution in [2.75, 3.05) is 13.6 Å². The van der Waals surface area contributed by atoms with Crippen molar-refractivity contribution >= 4 is 11.6 Å². The molecule has 0 aliphatic carbocycles. The van der Waals surface area contributed by atoms with Crippen molar-refractivity contribution in [3.05, 3.63) is 29.3 Å². The predicted octanol–water partition coefficient (Wildman–Crippen LogP) is 2.33. The first-order valence-corrected chi connectivity index (χ1v) is 4.67. The number of benzene rings is 1. The third-order valence-corrected chi connectivity index (χ3v) is 1.86. The minimum Gasteiger partial charge on any atom is -0.489 e. The van der Waals surface area contributed by atoms with Gasteiger partial charge < -0.3 is 10.1 Å². The lowest BCUT2D eigenvalue weighted by Crippen LogP contribution is -2.25. The van der Waals surface area contributed by atoms with E-state index in [-0.39, 0.29) is 6.10 Å². The second-order valence-corrected chi connectivity index (χ2v) is 3.38. The van der Waals surface area contributed by atoms with Gasteiger partial charge in [-0.3, -0.25) is 0 Å². The van der Waals surface area contributed by atoms with Gasteiger partial charge in [-0.2, -0.15) is 0 Å². The molecule has 72 valence electrons. The van der Waals surface area contributed by atoms with Gasteiger partial charge in [0.15, 0.2) is 0 Å². The lowest BCUT2D eigenvalue weighted by Gasteiger charge is -2.13. The van der Waals surface area contributed by atoms with Gasteiger partial charge in [0.2, 0.25) is 0 Å². The molecule has 0 saturated carbocycles. The van der Waals surface area contributed by atoms with Gasteiger partial charge in [-0.1, -0.05) is 17.7 Å². The van der Waals surface area contributed by atoms with E-state index in [1.807, 2.05) is 38.2 Å². The molecule has 0 saturated heterocycles. The average Bonchev–Trinajstić information content (AvgIpc) is 2.04. The van der Waals surface area contributed by atoms with E-state index in [4.69, 9.17) is 16.3 Å². The molecular formula is C10H14ClNO. The van der Waals surface area contributed by atoms with Crippen molar-refractivity contribution in [2.24, 2.45) is 0 Å². The minimum atomic E-state index is 0.156. The van der Waals surface area contributed by atoms with Crippen molar-refractivity contribution in [3.8, 4) is 5.75 Å². The average molecular weight is 200 g/mol. The van der Waals surface area contributed by atoms with Crippen LogP contribution in [0.1, 0.15) is 6.92 Å². The summed E-state index contributed by atoms with van der Waals surface area (Å²) in [6.07, 6.45) is 0.156. The first kappa shape index (κ1) is 10.4. The highest BCUT2D eigenvalue weighted by Crippen LogP contribution is 2.17. The number of likely N-dealkylation sites (N-methyl/N-ethyl adjacent to an activating group) is 1. The van der Waals surface area contributed by atoms with Crippen LogP contribution >= 0.6 is 11.6 Å². The molecule has 1 unspecified atom stereocenters. The SMILES string of the molecule is CNCC(C)Oc1cccc(Cl)c1. The summed E-state index contributed by atoms with van der Waals surface area (Å²) in [5.74, 6) is 0.815. The molecule has 0 radical (unpaired) electrons. The van der Waals surface area contributed by atoms with Crippen LogP contribution in [0.5, 0.6) is 5.75 Å². The number of nitrogens with one attached hydrogen (secondary N) is 1. The smallest absolute Gasteiger partial charge is 0.121 e. The zero-order valence-electron chi connectivity index (χ0n) is 7.88. The summed E-state index contributed by atoms with van der Waals surface area (Å²) in [5, 5.41) is 3.75. The quantitative estimate of drug-likeness (QED) is 0.804. The highest BCUT2D eigenvalue weighted by Gasteiger charge is 2.01. The number of hydrogen-bond donors (Lipinski definition) is 1. The fourth-order valence-electron chi connectivity index (χ4n) is 1.10. The highest BCUT2D eigenvalue weighted by molar-refractivity contribution is 6.30. The Hall–Kier alpha value is -0.730. The predicted molar refractivity (Wildman–Crippen MR) is 55.5 cm³/mol. The van der Waals surface area contributed by atoms with E-state index >= 15 is 0 Å². The van der Waals surface area contributed by atoms with Gasteiger partial charge in [0, 0.05) is 11.6 Å². The maximum atomic E-state index is 5.81. The summed E-state index contributed by atoms with van der Waals surface area (Å²) in [4.78, 5) is 0. The molecule has 3 heteroatoms. The second kappa shape index (κ2) is 5.10. The molecule has 1 aromatic carbocycles. The number of ether oxygens (including phenoxy) is 1. The highest BCUT2D eigenvalue weighted by atomic mass is 35.5. The number of halogens is 1. The summed E-state index contributed by atoms with van der Waals surface area (Å²) in [7, 11) is 1.90. The van der Waals surface area contributed by atoms with Crippen molar-refractivity contribution in [1.82, 2.24) is 5.32 Å². The fourth-order valence-corrected chi connectivity index (χ4v) is 1.28. The van der Waals surface area contributed by atoms with Gasteiger partial charge in [0.05, 0.1) is 0 Å². The van der Waals surface area contributed by atoms with Crippen LogP contribution in [0.15, 0.2) is 24.3 Å². The zero-order valence-corrected chi connectivity index (χ0v) is 8.64. The van der Waals surface area contributed by atoms with E-state index < -0.39 is 0 Å². The molecule has 1 atom stereocenters. The maximum Gasteiger partial charge on any atom is 0.121 e. The topological polar surface area (TPSA) is 21.3 Å². The van der Waals surface area contributed by atoms with Gasteiger partial charge in [0.25, 0.3) is 0 Å². The lowest BCUT2D eigenvalue weighted by atomic mass is 10.3. The molecule has 0 aliphatic rings. The lowest BCUT2D eigenvalue weighted by molar-refractivity contribution is 0.220. The van der Waals surface area contributed by atoms with Crippen molar-refractivity contribution in [1.29, 1.82) is 0 Å². The maximum absolute atomic E-state index is 5.81. The van der Waals surface area contributed by atoms with Crippen LogP contribution in [0.25, 0.3) is 0 Å². The van der Waals surface area contributed by atoms with Gasteiger partial charge in [-0.05, 0) is 32.2 Å². The molecule has 0 spiro atoms. The van der Waals surface area contributed by atoms with Crippen molar-refractivity contribution < 1.29 is 4.74 Å². The molecule has 0 fully saturated rings. The fraction of sp³-hybridized carbons (Fsp3) is 0.400. The van der Waals surface area contributed by atoms with Crippen LogP contribution in [0.4, 0.5) is 0 Å². The Bertz CT molecular complexity index is 265. The van der Waals surface area contributed by atoms with E-state index in [1.54, 1.807) is 0 Å². The van der Waals surface area contributed by atoms with Crippen molar-refractivity contribution in [3.63, 3.8) is 0 Å². The summed E-state index contributed by atoms with van der Waals surface area (Å²) in [6.45, 7) is 2.84. The molecule has 0 heterocycles. The zero-order chi connectivity index (χ0) is 9.68. The summed E-state index contributed by atoms with van der Waals surface area (Å²) in [5.41, 5.74) is 0. The first-order valence-electron chi connectivity index (χ1n) is 4.29. The Labute approximate surface area is 83.9 Å². The normalized spacial score (nSPS) is 12.5. The van der Waals surface area contributed by atoms with Gasteiger partial charge in [0.1, 0.15) is 11.9 Å². The van der Waals surface area contributed by atoms with E-state index in [2.05, 4.69) is 5.32 Å². The molecule has 1 aromatic rings. The molecule has 1 N–H and O–H groups in total. The van der Waals surface area contributed by atoms with Crippen LogP contribution in [-0.4, -0.2) is 19.7 Å². The molecule has 0 aliphatic heterocycles. The Morgan fingerprint density at radius 2 is 2.31 bits per heavy atom. The molecule has 13 heavy (non-hydrogen) atoms. The standard InChI is InChI=1S/C10H14ClNO/c1-8(7-12-2)13-10-5-3-4-9(11)6-10/h3-6,8,12H,7H2,1-2H3. The largest absolute Gasteiger partial charge is 0.489 e. The second-order valence-electron chi connectivity index (χ2n) is 2.94. The van der Waals surface area contributed by atoms with Crippen LogP contribution in [-0.2, 0) is 0 Å². The molecule has 0 aromatic heterocycles. The monoisotopic (exact) mass is 199 g/mol. The minimum absolute atomic E-state index is 0.156. The molecule has 2 nitrogen and oxygen atoms in total. The summed E-state index contributed by atoms with van der Waals surface area (Å²) in [6, 6.07) is 7.42. The van der Waals surface area contributed by atoms with Crippen LogP contribution < -0.4 is 10.1 Å². The molecular weight excluding hydrogens is 186 g/mol. The van der Waals surface area contributed by atoms with E-state index in [0.717, 1.165) is 12.3 Å². The summed E-state index contributed by atoms with van der Waals surface area (Å²) < 4.78 is 5.59. The Morgan fingerprint density at radius 3 is 2.92 bits per heavy atom. The molecule has 0 amide bonds. The van der Waals surface area contributed by atoms with E-state index in [1.165, 1.54) is 0 Å². The van der Waals surface area contributed by atoms with Gasteiger partial charge in [-0.15, -0.1) is 0 Å². The van der Waals surface area contributed by atoms with Crippen molar-refractivity contribution in [2.45, 2.75) is 13.0 Å².